The fraction of sp³-hybridized carbons (Fsp3) is 0.615. The molecule has 1 heterocycles. The highest BCUT2D eigenvalue weighted by atomic mass is 79.9. The normalized spacial score (nSPS) is 16.9. The number of rotatable bonds is 5. The van der Waals surface area contributed by atoms with Crippen molar-refractivity contribution in [2.45, 2.75) is 38.8 Å². The van der Waals surface area contributed by atoms with Gasteiger partial charge in [-0.2, -0.15) is 0 Å². The van der Waals surface area contributed by atoms with Gasteiger partial charge in [-0.05, 0) is 54.6 Å². The number of nitrogens with one attached hydrogen (secondary N) is 1. The predicted molar refractivity (Wildman–Crippen MR) is 75.5 cm³/mol. The third-order valence-electron chi connectivity index (χ3n) is 3.33. The largest absolute Gasteiger partial charge is 0.349 e. The lowest BCUT2D eigenvalue weighted by molar-refractivity contribution is 0.0939. The molecule has 4 nitrogen and oxygen atoms in total. The van der Waals surface area contributed by atoms with Crippen LogP contribution in [0.4, 0.5) is 0 Å². The maximum atomic E-state index is 12.1. The topological polar surface area (TPSA) is 60.0 Å². The molecule has 1 amide bonds. The molecule has 3 N–H and O–H groups in total. The fourth-order valence-electron chi connectivity index (χ4n) is 2.05. The second-order valence-electron chi connectivity index (χ2n) is 5.26. The Hall–Kier alpha value is -0.810. The van der Waals surface area contributed by atoms with E-state index in [4.69, 9.17) is 5.73 Å². The molecule has 1 aliphatic carbocycles. The number of hydrogen-bond donors (Lipinski definition) is 2. The maximum absolute atomic E-state index is 12.1. The average molecular weight is 314 g/mol. The second-order valence-corrected chi connectivity index (χ2v) is 6.17. The highest BCUT2D eigenvalue weighted by Crippen LogP contribution is 2.31. The van der Waals surface area contributed by atoms with E-state index in [0.29, 0.717) is 18.2 Å². The molecule has 1 aliphatic rings. The van der Waals surface area contributed by atoms with Gasteiger partial charge in [0, 0.05) is 29.3 Å². The van der Waals surface area contributed by atoms with Gasteiger partial charge in [0.15, 0.2) is 0 Å². The van der Waals surface area contributed by atoms with Crippen LogP contribution in [0.2, 0.25) is 0 Å². The lowest BCUT2D eigenvalue weighted by Gasteiger charge is -2.15. The minimum Gasteiger partial charge on any atom is -0.349 e. The zero-order valence-electron chi connectivity index (χ0n) is 10.8. The summed E-state index contributed by atoms with van der Waals surface area (Å²) in [5.41, 5.74) is 6.66. The van der Waals surface area contributed by atoms with Crippen molar-refractivity contribution < 1.29 is 4.79 Å². The maximum Gasteiger partial charge on any atom is 0.268 e. The lowest BCUT2D eigenvalue weighted by atomic mass is 10.2. The lowest BCUT2D eigenvalue weighted by Crippen LogP contribution is -2.39. The van der Waals surface area contributed by atoms with Gasteiger partial charge in [0.05, 0.1) is 0 Å². The van der Waals surface area contributed by atoms with Gasteiger partial charge in [-0.25, -0.2) is 0 Å². The summed E-state index contributed by atoms with van der Waals surface area (Å²) in [6.45, 7) is 4.67. The summed E-state index contributed by atoms with van der Waals surface area (Å²) in [6.07, 6.45) is 4.33. The van der Waals surface area contributed by atoms with Crippen LogP contribution in [0.1, 0.15) is 43.2 Å². The summed E-state index contributed by atoms with van der Waals surface area (Å²) in [5.74, 6) is 0.555. The van der Waals surface area contributed by atoms with Gasteiger partial charge in [-0.15, -0.1) is 0 Å². The first kappa shape index (κ1) is 13.6. The molecule has 2 rings (SSSR count). The van der Waals surface area contributed by atoms with E-state index in [9.17, 15) is 4.79 Å². The Labute approximate surface area is 116 Å². The van der Waals surface area contributed by atoms with Crippen molar-refractivity contribution in [3.05, 3.63) is 22.4 Å². The Balaban J connectivity index is 1.99. The van der Waals surface area contributed by atoms with Crippen LogP contribution in [0.3, 0.4) is 0 Å². The molecule has 0 radical (unpaired) electrons. The van der Waals surface area contributed by atoms with Gasteiger partial charge in [-0.3, -0.25) is 4.79 Å². The molecule has 18 heavy (non-hydrogen) atoms. The molecule has 5 heteroatoms. The van der Waals surface area contributed by atoms with Gasteiger partial charge in [0.1, 0.15) is 5.69 Å². The van der Waals surface area contributed by atoms with Gasteiger partial charge in [0.25, 0.3) is 5.91 Å². The molecule has 1 aromatic heterocycles. The second kappa shape index (κ2) is 5.45. The van der Waals surface area contributed by atoms with Crippen molar-refractivity contribution in [3.8, 4) is 0 Å². The summed E-state index contributed by atoms with van der Waals surface area (Å²) >= 11 is 3.41. The fourth-order valence-corrected chi connectivity index (χ4v) is 2.48. The highest BCUT2D eigenvalue weighted by Gasteiger charge is 2.28. The molecule has 0 spiro atoms. The number of carbonyl (C=O) groups is 1. The van der Waals surface area contributed by atoms with E-state index in [1.807, 2.05) is 16.8 Å². The molecule has 0 aromatic carbocycles. The number of amides is 1. The van der Waals surface area contributed by atoms with E-state index in [2.05, 4.69) is 35.1 Å². The smallest absolute Gasteiger partial charge is 0.268 e. The third-order valence-corrected chi connectivity index (χ3v) is 3.76. The molecule has 1 fully saturated rings. The van der Waals surface area contributed by atoms with Crippen molar-refractivity contribution in [1.29, 1.82) is 0 Å². The Morgan fingerprint density at radius 2 is 2.28 bits per heavy atom. The Morgan fingerprint density at radius 1 is 1.61 bits per heavy atom. The van der Waals surface area contributed by atoms with Crippen molar-refractivity contribution >= 4 is 21.8 Å². The Morgan fingerprint density at radius 3 is 2.83 bits per heavy atom. The van der Waals surface area contributed by atoms with E-state index >= 15 is 0 Å². The summed E-state index contributed by atoms with van der Waals surface area (Å²) in [4.78, 5) is 12.1. The quantitative estimate of drug-likeness (QED) is 0.876. The standard InChI is InChI=1S/C13H20BrN3O/c1-8(2)17-7-10(14)5-12(17)13(18)16-6-11(15)9-3-4-9/h5,7-9,11H,3-4,6,15H2,1-2H3,(H,16,18). The average Bonchev–Trinajstić information content (AvgIpc) is 3.08. The van der Waals surface area contributed by atoms with Crippen molar-refractivity contribution in [2.24, 2.45) is 11.7 Å². The summed E-state index contributed by atoms with van der Waals surface area (Å²) < 4.78 is 2.88. The number of halogens is 1. The minimum atomic E-state index is -0.0505. The SMILES string of the molecule is CC(C)n1cc(Br)cc1C(=O)NCC(N)C1CC1. The van der Waals surface area contributed by atoms with E-state index in [1.165, 1.54) is 12.8 Å². The van der Waals surface area contributed by atoms with E-state index in [-0.39, 0.29) is 18.0 Å². The van der Waals surface area contributed by atoms with Gasteiger partial charge in [-0.1, -0.05) is 0 Å². The molecule has 0 aliphatic heterocycles. The Bertz CT molecular complexity index is 437. The van der Waals surface area contributed by atoms with Crippen LogP contribution in [-0.2, 0) is 0 Å². The summed E-state index contributed by atoms with van der Waals surface area (Å²) in [7, 11) is 0. The summed E-state index contributed by atoms with van der Waals surface area (Å²) in [5, 5.41) is 2.92. The van der Waals surface area contributed by atoms with E-state index in [0.717, 1.165) is 4.47 Å². The van der Waals surface area contributed by atoms with Gasteiger partial charge < -0.3 is 15.6 Å². The number of nitrogens with two attached hydrogens (primary N) is 1. The molecule has 1 atom stereocenters. The Kier molecular flexibility index (Phi) is 4.12. The number of aromatic nitrogens is 1. The molecule has 0 bridgehead atoms. The zero-order valence-corrected chi connectivity index (χ0v) is 12.4. The van der Waals surface area contributed by atoms with Crippen LogP contribution in [0.5, 0.6) is 0 Å². The molecule has 0 saturated heterocycles. The minimum absolute atomic E-state index is 0.0505. The number of nitrogens with zero attached hydrogens (tertiary/aromatic N) is 1. The van der Waals surface area contributed by atoms with E-state index < -0.39 is 0 Å². The number of hydrogen-bond acceptors (Lipinski definition) is 2. The first-order valence-corrected chi connectivity index (χ1v) is 7.19. The molecular weight excluding hydrogens is 294 g/mol. The van der Waals surface area contributed by atoms with Crippen molar-refractivity contribution in [3.63, 3.8) is 0 Å². The third kappa shape index (κ3) is 3.14. The van der Waals surface area contributed by atoms with Crippen LogP contribution < -0.4 is 11.1 Å². The van der Waals surface area contributed by atoms with Crippen molar-refractivity contribution in [1.82, 2.24) is 9.88 Å². The van der Waals surface area contributed by atoms with Gasteiger partial charge >= 0.3 is 0 Å². The predicted octanol–water partition coefficient (Wildman–Crippen LogP) is 2.30. The van der Waals surface area contributed by atoms with E-state index in [1.54, 1.807) is 0 Å². The number of carbonyl (C=O) groups excluding carboxylic acids is 1. The van der Waals surface area contributed by atoms with Crippen LogP contribution >= 0.6 is 15.9 Å². The van der Waals surface area contributed by atoms with Gasteiger partial charge in [0.2, 0.25) is 0 Å². The van der Waals surface area contributed by atoms with Crippen molar-refractivity contribution in [2.75, 3.05) is 6.54 Å². The monoisotopic (exact) mass is 313 g/mol. The first-order valence-electron chi connectivity index (χ1n) is 6.40. The van der Waals surface area contributed by atoms with Crippen LogP contribution in [0.15, 0.2) is 16.7 Å². The molecule has 1 aromatic rings. The van der Waals surface area contributed by atoms with Crippen LogP contribution in [0.25, 0.3) is 0 Å². The van der Waals surface area contributed by atoms with Crippen LogP contribution in [0, 0.1) is 5.92 Å². The molecule has 1 unspecified atom stereocenters. The molecule has 1 saturated carbocycles. The summed E-state index contributed by atoms with van der Waals surface area (Å²) in [6, 6.07) is 2.20. The van der Waals surface area contributed by atoms with Crippen LogP contribution in [-0.4, -0.2) is 23.1 Å². The zero-order chi connectivity index (χ0) is 13.3. The molecular formula is C13H20BrN3O. The molecule has 100 valence electrons. The first-order chi connectivity index (χ1) is 8.49. The highest BCUT2D eigenvalue weighted by molar-refractivity contribution is 9.10.